The van der Waals surface area contributed by atoms with Crippen LogP contribution in [0.2, 0.25) is 0 Å². The minimum atomic E-state index is 0.00205. The smallest absolute Gasteiger partial charge is 0.230 e. The minimum Gasteiger partial charge on any atom is -0.491 e. The minimum absolute atomic E-state index is 0.00205. The van der Waals surface area contributed by atoms with Gasteiger partial charge in [-0.05, 0) is 17.7 Å². The van der Waals surface area contributed by atoms with Crippen molar-refractivity contribution in [3.63, 3.8) is 0 Å². The Balaban J connectivity index is 1.70. The molecule has 0 aromatic heterocycles. The maximum absolute atomic E-state index is 12.5. The summed E-state index contributed by atoms with van der Waals surface area (Å²) in [5, 5.41) is 0. The van der Waals surface area contributed by atoms with Gasteiger partial charge in [-0.3, -0.25) is 14.4 Å². The van der Waals surface area contributed by atoms with Crippen LogP contribution in [0.15, 0.2) is 18.2 Å². The zero-order valence-corrected chi connectivity index (χ0v) is 13.7. The highest BCUT2D eigenvalue weighted by Crippen LogP contribution is 2.31. The van der Waals surface area contributed by atoms with E-state index in [1.54, 1.807) is 21.7 Å². The molecule has 0 spiro atoms. The van der Waals surface area contributed by atoms with Crippen molar-refractivity contribution in [1.82, 2.24) is 9.80 Å². The fourth-order valence-corrected chi connectivity index (χ4v) is 2.97. The van der Waals surface area contributed by atoms with Gasteiger partial charge < -0.3 is 19.4 Å². The number of anilines is 1. The average Bonchev–Trinajstić information content (AvgIpc) is 2.74. The zero-order valence-electron chi connectivity index (χ0n) is 13.7. The Morgan fingerprint density at radius 2 is 2.00 bits per heavy atom. The first-order chi connectivity index (χ1) is 11.6. The van der Waals surface area contributed by atoms with Crippen molar-refractivity contribution in [2.75, 3.05) is 44.7 Å². The maximum Gasteiger partial charge on any atom is 0.230 e. The SMILES string of the molecule is CN1C(=O)CCOc2ccc(CC(=O)N3CCN(C=O)CC3)cc21. The predicted molar refractivity (Wildman–Crippen MR) is 87.9 cm³/mol. The molecule has 1 fully saturated rings. The molecule has 2 aliphatic rings. The first kappa shape index (κ1) is 16.3. The van der Waals surface area contributed by atoms with Crippen molar-refractivity contribution in [2.24, 2.45) is 0 Å². The Morgan fingerprint density at radius 1 is 1.25 bits per heavy atom. The van der Waals surface area contributed by atoms with E-state index in [-0.39, 0.29) is 18.2 Å². The molecule has 3 rings (SSSR count). The molecule has 7 heteroatoms. The Labute approximate surface area is 140 Å². The summed E-state index contributed by atoms with van der Waals surface area (Å²) >= 11 is 0. The van der Waals surface area contributed by atoms with Crippen LogP contribution in [-0.2, 0) is 20.8 Å². The third-order valence-electron chi connectivity index (χ3n) is 4.50. The lowest BCUT2D eigenvalue weighted by atomic mass is 10.1. The van der Waals surface area contributed by atoms with Gasteiger partial charge in [-0.1, -0.05) is 6.07 Å². The van der Waals surface area contributed by atoms with E-state index < -0.39 is 0 Å². The highest BCUT2D eigenvalue weighted by molar-refractivity contribution is 5.95. The van der Waals surface area contributed by atoms with Crippen molar-refractivity contribution >= 4 is 23.9 Å². The van der Waals surface area contributed by atoms with Gasteiger partial charge in [0.15, 0.2) is 0 Å². The number of ether oxygens (including phenoxy) is 1. The molecular formula is C17H21N3O4. The molecule has 0 bridgehead atoms. The first-order valence-corrected chi connectivity index (χ1v) is 8.08. The van der Waals surface area contributed by atoms with Crippen LogP contribution in [-0.4, -0.2) is 67.9 Å². The monoisotopic (exact) mass is 331 g/mol. The highest BCUT2D eigenvalue weighted by atomic mass is 16.5. The second-order valence-electron chi connectivity index (χ2n) is 6.05. The van der Waals surface area contributed by atoms with E-state index >= 15 is 0 Å². The van der Waals surface area contributed by atoms with Crippen LogP contribution in [0.5, 0.6) is 5.75 Å². The molecule has 2 heterocycles. The number of rotatable bonds is 3. The summed E-state index contributed by atoms with van der Waals surface area (Å²) in [5.41, 5.74) is 1.55. The number of carbonyl (C=O) groups excluding carboxylic acids is 3. The number of hydrogen-bond acceptors (Lipinski definition) is 4. The second-order valence-corrected chi connectivity index (χ2v) is 6.05. The van der Waals surface area contributed by atoms with Gasteiger partial charge in [-0.2, -0.15) is 0 Å². The number of piperazine rings is 1. The van der Waals surface area contributed by atoms with Gasteiger partial charge in [0.25, 0.3) is 0 Å². The van der Waals surface area contributed by atoms with Crippen LogP contribution in [0.25, 0.3) is 0 Å². The molecule has 0 aliphatic carbocycles. The molecule has 1 aromatic carbocycles. The third kappa shape index (κ3) is 3.34. The summed E-state index contributed by atoms with van der Waals surface area (Å²) in [4.78, 5) is 40.2. The van der Waals surface area contributed by atoms with Gasteiger partial charge in [-0.25, -0.2) is 0 Å². The molecule has 0 unspecified atom stereocenters. The van der Waals surface area contributed by atoms with Gasteiger partial charge in [0.05, 0.1) is 25.1 Å². The van der Waals surface area contributed by atoms with Crippen LogP contribution in [0.1, 0.15) is 12.0 Å². The summed E-state index contributed by atoms with van der Waals surface area (Å²) in [6, 6.07) is 5.53. The normalized spacial score (nSPS) is 17.9. The lowest BCUT2D eigenvalue weighted by Gasteiger charge is -2.32. The number of benzene rings is 1. The standard InChI is InChI=1S/C17H21N3O4/c1-18-14-10-13(2-3-15(14)24-9-4-16(18)22)11-17(23)20-7-5-19(12-21)6-8-20/h2-3,10,12H,4-9,11H2,1H3. The van der Waals surface area contributed by atoms with Gasteiger partial charge in [0, 0.05) is 33.2 Å². The van der Waals surface area contributed by atoms with Gasteiger partial charge in [0.2, 0.25) is 18.2 Å². The van der Waals surface area contributed by atoms with Gasteiger partial charge in [-0.15, -0.1) is 0 Å². The lowest BCUT2D eigenvalue weighted by molar-refractivity contribution is -0.134. The quantitative estimate of drug-likeness (QED) is 0.746. The first-order valence-electron chi connectivity index (χ1n) is 8.08. The van der Waals surface area contributed by atoms with E-state index in [0.717, 1.165) is 12.0 Å². The molecular weight excluding hydrogens is 310 g/mol. The van der Waals surface area contributed by atoms with Crippen LogP contribution in [0.3, 0.4) is 0 Å². The number of nitrogens with zero attached hydrogens (tertiary/aromatic N) is 3. The summed E-state index contributed by atoms with van der Waals surface area (Å²) in [7, 11) is 1.72. The number of fused-ring (bicyclic) bond motifs is 1. The Morgan fingerprint density at radius 3 is 2.71 bits per heavy atom. The number of carbonyl (C=O) groups is 3. The fraction of sp³-hybridized carbons (Fsp3) is 0.471. The average molecular weight is 331 g/mol. The Kier molecular flexibility index (Phi) is 4.69. The van der Waals surface area contributed by atoms with E-state index in [4.69, 9.17) is 4.74 Å². The molecule has 2 aliphatic heterocycles. The molecule has 3 amide bonds. The van der Waals surface area contributed by atoms with E-state index in [2.05, 4.69) is 0 Å². The van der Waals surface area contributed by atoms with Crippen molar-refractivity contribution in [3.8, 4) is 5.75 Å². The zero-order chi connectivity index (χ0) is 17.1. The Hall–Kier alpha value is -2.57. The largest absolute Gasteiger partial charge is 0.491 e. The molecule has 7 nitrogen and oxygen atoms in total. The van der Waals surface area contributed by atoms with E-state index in [0.29, 0.717) is 50.6 Å². The van der Waals surface area contributed by atoms with Crippen LogP contribution in [0.4, 0.5) is 5.69 Å². The van der Waals surface area contributed by atoms with Crippen LogP contribution in [0, 0.1) is 0 Å². The maximum atomic E-state index is 12.5. The molecule has 0 atom stereocenters. The molecule has 1 aromatic rings. The molecule has 0 N–H and O–H groups in total. The lowest BCUT2D eigenvalue weighted by Crippen LogP contribution is -2.48. The second kappa shape index (κ2) is 6.90. The van der Waals surface area contributed by atoms with Gasteiger partial charge >= 0.3 is 0 Å². The predicted octanol–water partition coefficient (Wildman–Crippen LogP) is 0.275. The number of hydrogen-bond donors (Lipinski definition) is 0. The molecule has 0 radical (unpaired) electrons. The molecule has 0 saturated carbocycles. The molecule has 24 heavy (non-hydrogen) atoms. The molecule has 128 valence electrons. The summed E-state index contributed by atoms with van der Waals surface area (Å²) in [6.45, 7) is 2.64. The summed E-state index contributed by atoms with van der Waals surface area (Å²) < 4.78 is 5.59. The summed E-state index contributed by atoms with van der Waals surface area (Å²) in [5.74, 6) is 0.699. The van der Waals surface area contributed by atoms with E-state index in [9.17, 15) is 14.4 Å². The number of amides is 3. The van der Waals surface area contributed by atoms with Crippen molar-refractivity contribution in [1.29, 1.82) is 0 Å². The molecule has 1 saturated heterocycles. The topological polar surface area (TPSA) is 70.2 Å². The van der Waals surface area contributed by atoms with Gasteiger partial charge in [0.1, 0.15) is 5.75 Å². The summed E-state index contributed by atoms with van der Waals surface area (Å²) in [6.07, 6.45) is 1.44. The van der Waals surface area contributed by atoms with E-state index in [1.165, 1.54) is 0 Å². The van der Waals surface area contributed by atoms with Crippen molar-refractivity contribution < 1.29 is 19.1 Å². The van der Waals surface area contributed by atoms with Crippen LogP contribution >= 0.6 is 0 Å². The fourth-order valence-electron chi connectivity index (χ4n) is 2.97. The Bertz CT molecular complexity index is 653. The highest BCUT2D eigenvalue weighted by Gasteiger charge is 2.23. The van der Waals surface area contributed by atoms with Crippen LogP contribution < -0.4 is 9.64 Å². The van der Waals surface area contributed by atoms with E-state index in [1.807, 2.05) is 18.2 Å². The third-order valence-corrected chi connectivity index (χ3v) is 4.50. The van der Waals surface area contributed by atoms with Crippen molar-refractivity contribution in [2.45, 2.75) is 12.8 Å². The van der Waals surface area contributed by atoms with Crippen molar-refractivity contribution in [3.05, 3.63) is 23.8 Å².